The van der Waals surface area contributed by atoms with Gasteiger partial charge >= 0.3 is 6.18 Å². The third-order valence-electron chi connectivity index (χ3n) is 3.96. The summed E-state index contributed by atoms with van der Waals surface area (Å²) in [6.07, 6.45) is -2.96. The Morgan fingerprint density at radius 2 is 2.14 bits per heavy atom. The first-order valence-corrected chi connectivity index (χ1v) is 8.31. The fourth-order valence-corrected chi connectivity index (χ4v) is 3.47. The molecule has 2 nitrogen and oxygen atoms in total. The summed E-state index contributed by atoms with van der Waals surface area (Å²) in [6.45, 7) is 6.22. The fourth-order valence-electron chi connectivity index (χ4n) is 2.38. The van der Waals surface area contributed by atoms with Crippen LogP contribution in [0.2, 0.25) is 0 Å². The van der Waals surface area contributed by atoms with Crippen molar-refractivity contribution >= 4 is 23.4 Å². The van der Waals surface area contributed by atoms with Crippen LogP contribution in [-0.2, 0) is 11.0 Å². The lowest BCUT2D eigenvalue weighted by Crippen LogP contribution is -2.36. The first-order chi connectivity index (χ1) is 10.2. The number of rotatable bonds is 2. The average Bonchev–Trinajstić information content (AvgIpc) is 2.62. The number of fused-ring (bicyclic) bond motifs is 1. The van der Waals surface area contributed by atoms with Crippen LogP contribution in [0, 0.1) is 5.92 Å². The molecule has 1 aromatic carbocycles. The van der Waals surface area contributed by atoms with Gasteiger partial charge in [-0.1, -0.05) is 20.8 Å². The van der Waals surface area contributed by atoms with Crippen LogP contribution in [0.3, 0.4) is 0 Å². The Balaban J connectivity index is 2.48. The van der Waals surface area contributed by atoms with Gasteiger partial charge in [0.05, 0.1) is 11.3 Å². The summed E-state index contributed by atoms with van der Waals surface area (Å²) in [5, 5.41) is 0.269. The van der Waals surface area contributed by atoms with Crippen LogP contribution in [0.4, 0.5) is 18.9 Å². The van der Waals surface area contributed by atoms with Gasteiger partial charge in [0.1, 0.15) is 0 Å². The molecule has 0 aromatic heterocycles. The van der Waals surface area contributed by atoms with E-state index in [9.17, 15) is 18.0 Å². The van der Waals surface area contributed by atoms with Crippen molar-refractivity contribution in [3.63, 3.8) is 0 Å². The molecule has 6 heteroatoms. The molecular formula is C16H20F3NOS. The highest BCUT2D eigenvalue weighted by atomic mass is 32.2. The maximum Gasteiger partial charge on any atom is 0.416 e. The van der Waals surface area contributed by atoms with Gasteiger partial charge < -0.3 is 4.90 Å². The van der Waals surface area contributed by atoms with Crippen LogP contribution >= 0.6 is 11.8 Å². The van der Waals surface area contributed by atoms with Gasteiger partial charge in [0.15, 0.2) is 0 Å². The summed E-state index contributed by atoms with van der Waals surface area (Å²) >= 11 is 1.53. The van der Waals surface area contributed by atoms with Crippen molar-refractivity contribution in [3.05, 3.63) is 23.8 Å². The van der Waals surface area contributed by atoms with Gasteiger partial charge in [0.2, 0.25) is 5.91 Å². The first-order valence-electron chi connectivity index (χ1n) is 7.43. The Hall–Kier alpha value is -1.17. The van der Waals surface area contributed by atoms with E-state index in [1.807, 2.05) is 20.8 Å². The third-order valence-corrected chi connectivity index (χ3v) is 5.20. The number of carbonyl (C=O) groups is 1. The second-order valence-corrected chi connectivity index (χ2v) is 7.18. The second-order valence-electron chi connectivity index (χ2n) is 5.70. The van der Waals surface area contributed by atoms with Crippen LogP contribution in [0.25, 0.3) is 0 Å². The van der Waals surface area contributed by atoms with Crippen molar-refractivity contribution in [2.24, 2.45) is 5.92 Å². The molecule has 1 aromatic rings. The van der Waals surface area contributed by atoms with Crippen LogP contribution in [0.15, 0.2) is 23.1 Å². The summed E-state index contributed by atoms with van der Waals surface area (Å²) < 4.78 is 38.9. The Morgan fingerprint density at radius 1 is 1.45 bits per heavy atom. The zero-order valence-electron chi connectivity index (χ0n) is 12.9. The minimum absolute atomic E-state index is 0.0993. The van der Waals surface area contributed by atoms with E-state index in [1.54, 1.807) is 0 Å². The highest BCUT2D eigenvalue weighted by Crippen LogP contribution is 2.41. The SMILES string of the molecule is CCC(C)C(=O)N1CCC(C)Sc2ccc(C(F)(F)F)cc21. The molecule has 0 N–H and O–H groups in total. The van der Waals surface area contributed by atoms with E-state index in [1.165, 1.54) is 22.7 Å². The summed E-state index contributed by atoms with van der Waals surface area (Å²) in [4.78, 5) is 14.8. The number of nitrogens with zero attached hydrogens (tertiary/aromatic N) is 1. The Labute approximate surface area is 133 Å². The van der Waals surface area contributed by atoms with E-state index in [-0.39, 0.29) is 17.1 Å². The summed E-state index contributed by atoms with van der Waals surface area (Å²) in [7, 11) is 0. The van der Waals surface area contributed by atoms with Crippen LogP contribution in [0.1, 0.15) is 39.2 Å². The highest BCUT2D eigenvalue weighted by molar-refractivity contribution is 8.00. The summed E-state index contributed by atoms with van der Waals surface area (Å²) in [5.41, 5.74) is -0.308. The number of hydrogen-bond donors (Lipinski definition) is 0. The van der Waals surface area contributed by atoms with Gasteiger partial charge in [-0.3, -0.25) is 4.79 Å². The number of anilines is 1. The molecule has 0 fully saturated rings. The molecule has 22 heavy (non-hydrogen) atoms. The van der Waals surface area contributed by atoms with Gasteiger partial charge in [0.25, 0.3) is 0 Å². The number of carbonyl (C=O) groups excluding carboxylic acids is 1. The summed E-state index contributed by atoms with van der Waals surface area (Å²) in [6, 6.07) is 3.69. The molecular weight excluding hydrogens is 311 g/mol. The molecule has 0 saturated heterocycles. The number of thioether (sulfide) groups is 1. The molecule has 2 atom stereocenters. The lowest BCUT2D eigenvalue weighted by atomic mass is 10.1. The van der Waals surface area contributed by atoms with E-state index < -0.39 is 11.7 Å². The van der Waals surface area contributed by atoms with Gasteiger partial charge in [-0.25, -0.2) is 0 Å². The second kappa shape index (κ2) is 6.52. The Bertz CT molecular complexity index is 559. The molecule has 0 aliphatic carbocycles. The molecule has 0 bridgehead atoms. The molecule has 1 heterocycles. The Morgan fingerprint density at radius 3 is 2.73 bits per heavy atom. The lowest BCUT2D eigenvalue weighted by Gasteiger charge is -2.26. The van der Waals surface area contributed by atoms with Crippen LogP contribution in [-0.4, -0.2) is 17.7 Å². The normalized spacial score (nSPS) is 20.3. The Kier molecular flexibility index (Phi) is 5.10. The molecule has 0 saturated carbocycles. The number of hydrogen-bond acceptors (Lipinski definition) is 2. The van der Waals surface area contributed by atoms with E-state index in [0.717, 1.165) is 23.4 Å². The fraction of sp³-hybridized carbons (Fsp3) is 0.562. The largest absolute Gasteiger partial charge is 0.416 e. The zero-order chi connectivity index (χ0) is 16.5. The van der Waals surface area contributed by atoms with Crippen LogP contribution < -0.4 is 4.90 Å². The minimum Gasteiger partial charge on any atom is -0.311 e. The van der Waals surface area contributed by atoms with E-state index in [2.05, 4.69) is 0 Å². The molecule has 0 spiro atoms. The van der Waals surface area contributed by atoms with Crippen molar-refractivity contribution in [1.82, 2.24) is 0 Å². The number of benzene rings is 1. The van der Waals surface area contributed by atoms with E-state index >= 15 is 0 Å². The van der Waals surface area contributed by atoms with Crippen molar-refractivity contribution in [2.45, 2.75) is 49.9 Å². The number of alkyl halides is 3. The number of halogens is 3. The smallest absolute Gasteiger partial charge is 0.311 e. The molecule has 1 aliphatic rings. The lowest BCUT2D eigenvalue weighted by molar-refractivity contribution is -0.137. The molecule has 2 unspecified atom stereocenters. The van der Waals surface area contributed by atoms with Gasteiger partial charge in [0, 0.05) is 22.6 Å². The minimum atomic E-state index is -4.40. The molecule has 122 valence electrons. The molecule has 0 radical (unpaired) electrons. The van der Waals surface area contributed by atoms with Gasteiger partial charge in [-0.15, -0.1) is 11.8 Å². The number of amides is 1. The molecule has 1 aliphatic heterocycles. The maximum absolute atomic E-state index is 13.0. The molecule has 1 amide bonds. The van der Waals surface area contributed by atoms with Crippen molar-refractivity contribution in [3.8, 4) is 0 Å². The molecule has 2 rings (SSSR count). The highest BCUT2D eigenvalue weighted by Gasteiger charge is 2.34. The zero-order valence-corrected chi connectivity index (χ0v) is 13.7. The summed E-state index contributed by atoms with van der Waals surface area (Å²) in [5.74, 6) is -0.293. The van der Waals surface area contributed by atoms with E-state index in [4.69, 9.17) is 0 Å². The van der Waals surface area contributed by atoms with E-state index in [0.29, 0.717) is 18.7 Å². The van der Waals surface area contributed by atoms with Gasteiger partial charge in [-0.2, -0.15) is 13.2 Å². The average molecular weight is 331 g/mol. The monoisotopic (exact) mass is 331 g/mol. The first kappa shape index (κ1) is 17.2. The van der Waals surface area contributed by atoms with Crippen molar-refractivity contribution in [2.75, 3.05) is 11.4 Å². The standard InChI is InChI=1S/C16H20F3NOS/c1-4-10(2)15(21)20-8-7-11(3)22-14-6-5-12(9-13(14)20)16(17,18)19/h5-6,9-11H,4,7-8H2,1-3H3. The third kappa shape index (κ3) is 3.59. The topological polar surface area (TPSA) is 20.3 Å². The van der Waals surface area contributed by atoms with Crippen molar-refractivity contribution < 1.29 is 18.0 Å². The predicted molar refractivity (Wildman–Crippen MR) is 83.2 cm³/mol. The predicted octanol–water partition coefficient (Wildman–Crippen LogP) is 4.97. The van der Waals surface area contributed by atoms with Crippen molar-refractivity contribution in [1.29, 1.82) is 0 Å². The van der Waals surface area contributed by atoms with Gasteiger partial charge in [-0.05, 0) is 31.0 Å². The maximum atomic E-state index is 13.0. The quantitative estimate of drug-likeness (QED) is 0.763. The van der Waals surface area contributed by atoms with Crippen LogP contribution in [0.5, 0.6) is 0 Å².